The number of carbonyl (C=O) groups excluding carboxylic acids is 1. The van der Waals surface area contributed by atoms with Gasteiger partial charge in [0.15, 0.2) is 0 Å². The Hall–Kier alpha value is -3.67. The molecule has 0 saturated carbocycles. The van der Waals surface area contributed by atoms with E-state index >= 15 is 0 Å². The number of hydrogen-bond donors (Lipinski definition) is 1. The van der Waals surface area contributed by atoms with Crippen LogP contribution in [0.25, 0.3) is 5.69 Å². The van der Waals surface area contributed by atoms with E-state index in [9.17, 15) is 9.59 Å². The van der Waals surface area contributed by atoms with Crippen molar-refractivity contribution in [3.8, 4) is 11.8 Å². The number of aromatic nitrogens is 5. The van der Waals surface area contributed by atoms with E-state index in [1.165, 1.54) is 15.6 Å². The smallest absolute Gasteiger partial charge is 0.295 e. The maximum atomic E-state index is 12.7. The van der Waals surface area contributed by atoms with Crippen molar-refractivity contribution in [2.75, 3.05) is 5.32 Å². The Bertz CT molecular complexity index is 1020. The van der Waals surface area contributed by atoms with E-state index in [2.05, 4.69) is 15.5 Å². The highest BCUT2D eigenvalue weighted by molar-refractivity contribution is 5.91. The Morgan fingerprint density at radius 1 is 1.32 bits per heavy atom. The molecule has 3 aromatic rings. The molecule has 0 fully saturated rings. The van der Waals surface area contributed by atoms with Gasteiger partial charge in [-0.2, -0.15) is 5.26 Å². The molecule has 9 heteroatoms. The van der Waals surface area contributed by atoms with Gasteiger partial charge >= 0.3 is 0 Å². The Morgan fingerprint density at radius 3 is 2.72 bits per heavy atom. The number of para-hydroxylation sites is 1. The van der Waals surface area contributed by atoms with Gasteiger partial charge in [0.25, 0.3) is 5.56 Å². The lowest BCUT2D eigenvalue weighted by atomic mass is 10.3. The molecule has 0 aliphatic heterocycles. The van der Waals surface area contributed by atoms with Crippen molar-refractivity contribution in [3.05, 3.63) is 58.5 Å². The molecule has 1 N–H and O–H groups in total. The molecule has 25 heavy (non-hydrogen) atoms. The Kier molecular flexibility index (Phi) is 4.18. The van der Waals surface area contributed by atoms with E-state index < -0.39 is 5.91 Å². The number of carbonyl (C=O) groups is 1. The van der Waals surface area contributed by atoms with Crippen LogP contribution >= 0.6 is 0 Å². The molecule has 0 saturated heterocycles. The first kappa shape index (κ1) is 16.2. The lowest BCUT2D eigenvalue weighted by Gasteiger charge is -2.07. The molecule has 0 radical (unpaired) electrons. The van der Waals surface area contributed by atoms with Crippen LogP contribution in [0.3, 0.4) is 0 Å². The summed E-state index contributed by atoms with van der Waals surface area (Å²) in [5.41, 5.74) is 1.18. The van der Waals surface area contributed by atoms with Crippen LogP contribution in [-0.2, 0) is 18.4 Å². The molecular weight excluding hydrogens is 322 g/mol. The van der Waals surface area contributed by atoms with Crippen molar-refractivity contribution in [1.29, 1.82) is 5.26 Å². The molecule has 0 spiro atoms. The van der Waals surface area contributed by atoms with E-state index in [1.54, 1.807) is 18.7 Å². The first-order chi connectivity index (χ1) is 12.0. The second kappa shape index (κ2) is 6.45. The van der Waals surface area contributed by atoms with E-state index in [-0.39, 0.29) is 23.6 Å². The lowest BCUT2D eigenvalue weighted by Crippen LogP contribution is -2.25. The van der Waals surface area contributed by atoms with Gasteiger partial charge in [-0.3, -0.25) is 18.8 Å². The largest absolute Gasteiger partial charge is 0.318 e. The van der Waals surface area contributed by atoms with Crippen LogP contribution in [0.15, 0.2) is 41.5 Å². The molecule has 0 unspecified atom stereocenters. The van der Waals surface area contributed by atoms with Crippen LogP contribution in [0.2, 0.25) is 0 Å². The van der Waals surface area contributed by atoms with Crippen LogP contribution in [0, 0.1) is 18.3 Å². The summed E-state index contributed by atoms with van der Waals surface area (Å²) in [5, 5.41) is 18.7. The highest BCUT2D eigenvalue weighted by atomic mass is 16.2. The predicted octanol–water partition coefficient (Wildman–Crippen LogP) is 0.586. The second-order valence-electron chi connectivity index (χ2n) is 5.38. The fraction of sp³-hybridized carbons (Fsp3) is 0.188. The molecule has 9 nitrogen and oxygen atoms in total. The number of nitrogens with zero attached hydrogens (tertiary/aromatic N) is 6. The van der Waals surface area contributed by atoms with Gasteiger partial charge in [-0.15, -0.1) is 10.2 Å². The van der Waals surface area contributed by atoms with Crippen LogP contribution < -0.4 is 10.9 Å². The van der Waals surface area contributed by atoms with Gasteiger partial charge in [0.05, 0.1) is 11.4 Å². The lowest BCUT2D eigenvalue weighted by molar-refractivity contribution is -0.116. The third-order valence-electron chi connectivity index (χ3n) is 3.85. The number of anilines is 1. The standard InChI is InChI=1S/C16H15N7O2/c1-11-15(19-14(24)9-22-10-18-20-13(22)8-17)16(25)23(21(11)2)12-6-4-3-5-7-12/h3-7,10H,9H2,1-2H3,(H,19,24). The van der Waals surface area contributed by atoms with Crippen LogP contribution in [-0.4, -0.2) is 30.0 Å². The number of nitrogens with one attached hydrogen (secondary N) is 1. The third-order valence-corrected chi connectivity index (χ3v) is 3.85. The SMILES string of the molecule is Cc1c(NC(=O)Cn2cnnc2C#N)c(=O)n(-c2ccccc2)n1C. The summed E-state index contributed by atoms with van der Waals surface area (Å²) in [6, 6.07) is 11.0. The maximum absolute atomic E-state index is 12.7. The topological polar surface area (TPSA) is 111 Å². The molecule has 0 aliphatic rings. The van der Waals surface area contributed by atoms with E-state index in [0.29, 0.717) is 11.4 Å². The molecule has 0 aliphatic carbocycles. The average Bonchev–Trinajstić information content (AvgIpc) is 3.14. The quantitative estimate of drug-likeness (QED) is 0.749. The van der Waals surface area contributed by atoms with Gasteiger partial charge in [0, 0.05) is 7.05 Å². The Labute approximate surface area is 142 Å². The maximum Gasteiger partial charge on any atom is 0.295 e. The van der Waals surface area contributed by atoms with E-state index in [1.807, 2.05) is 36.4 Å². The molecular formula is C16H15N7O2. The number of nitriles is 1. The summed E-state index contributed by atoms with van der Waals surface area (Å²) in [6.45, 7) is 1.59. The first-order valence-corrected chi connectivity index (χ1v) is 7.44. The first-order valence-electron chi connectivity index (χ1n) is 7.44. The fourth-order valence-corrected chi connectivity index (χ4v) is 2.50. The highest BCUT2D eigenvalue weighted by Crippen LogP contribution is 2.14. The second-order valence-corrected chi connectivity index (χ2v) is 5.38. The van der Waals surface area contributed by atoms with Crippen LogP contribution in [0.5, 0.6) is 0 Å². The minimum atomic E-state index is -0.442. The summed E-state index contributed by atoms with van der Waals surface area (Å²) in [5.74, 6) is -0.413. The monoisotopic (exact) mass is 337 g/mol. The summed E-state index contributed by atoms with van der Waals surface area (Å²) in [4.78, 5) is 25.0. The molecule has 1 aromatic carbocycles. The molecule has 1 amide bonds. The molecule has 126 valence electrons. The minimum Gasteiger partial charge on any atom is -0.318 e. The van der Waals surface area contributed by atoms with Gasteiger partial charge in [-0.25, -0.2) is 4.68 Å². The van der Waals surface area contributed by atoms with Gasteiger partial charge in [-0.05, 0) is 19.1 Å². The minimum absolute atomic E-state index is 0.0293. The Balaban J connectivity index is 1.90. The summed E-state index contributed by atoms with van der Waals surface area (Å²) in [6.07, 6.45) is 1.29. The molecule has 2 aromatic heterocycles. The summed E-state index contributed by atoms with van der Waals surface area (Å²) >= 11 is 0. The van der Waals surface area contributed by atoms with Crippen molar-refractivity contribution >= 4 is 11.6 Å². The zero-order valence-electron chi connectivity index (χ0n) is 13.7. The number of hydrogen-bond acceptors (Lipinski definition) is 5. The van der Waals surface area contributed by atoms with Gasteiger partial charge in [0.1, 0.15) is 24.6 Å². The van der Waals surface area contributed by atoms with Gasteiger partial charge < -0.3 is 5.32 Å². The van der Waals surface area contributed by atoms with Crippen molar-refractivity contribution in [1.82, 2.24) is 24.1 Å². The third kappa shape index (κ3) is 2.92. The zero-order chi connectivity index (χ0) is 18.0. The fourth-order valence-electron chi connectivity index (χ4n) is 2.50. The van der Waals surface area contributed by atoms with Crippen molar-refractivity contribution in [2.24, 2.45) is 7.05 Å². The summed E-state index contributed by atoms with van der Waals surface area (Å²) in [7, 11) is 1.74. The number of benzene rings is 1. The highest BCUT2D eigenvalue weighted by Gasteiger charge is 2.18. The van der Waals surface area contributed by atoms with E-state index in [0.717, 1.165) is 0 Å². The van der Waals surface area contributed by atoms with Crippen molar-refractivity contribution in [2.45, 2.75) is 13.5 Å². The molecule has 2 heterocycles. The normalized spacial score (nSPS) is 10.4. The van der Waals surface area contributed by atoms with Gasteiger partial charge in [-0.1, -0.05) is 18.2 Å². The average molecular weight is 337 g/mol. The molecule has 0 atom stereocenters. The number of rotatable bonds is 4. The van der Waals surface area contributed by atoms with Crippen LogP contribution in [0.4, 0.5) is 5.69 Å². The summed E-state index contributed by atoms with van der Waals surface area (Å²) < 4.78 is 4.46. The van der Waals surface area contributed by atoms with Crippen LogP contribution in [0.1, 0.15) is 11.5 Å². The predicted molar refractivity (Wildman–Crippen MR) is 89.1 cm³/mol. The molecule has 0 bridgehead atoms. The Morgan fingerprint density at radius 2 is 2.04 bits per heavy atom. The van der Waals surface area contributed by atoms with Gasteiger partial charge in [0.2, 0.25) is 11.7 Å². The zero-order valence-corrected chi connectivity index (χ0v) is 13.7. The van der Waals surface area contributed by atoms with E-state index in [4.69, 9.17) is 5.26 Å². The van der Waals surface area contributed by atoms with Crippen molar-refractivity contribution in [3.63, 3.8) is 0 Å². The molecule has 3 rings (SSSR count). The number of amides is 1. The van der Waals surface area contributed by atoms with Crippen molar-refractivity contribution < 1.29 is 4.79 Å².